The van der Waals surface area contributed by atoms with E-state index in [1.54, 1.807) is 0 Å². The highest BCUT2D eigenvalue weighted by Crippen LogP contribution is 2.29. The molecule has 2 fully saturated rings. The standard InChI is InChI=1S/C16H26N2O2/c1-4-5-7-11-18-14(12(2)3)16(20)17-10-8-6-9-13(17)15(18)19/h4-5,12-14H,6-11H2,1-3H3/b5-4+. The first-order chi connectivity index (χ1) is 9.57. The van der Waals surface area contributed by atoms with Crippen LogP contribution in [0.3, 0.4) is 0 Å². The molecule has 4 nitrogen and oxygen atoms in total. The second-order valence-corrected chi connectivity index (χ2v) is 6.12. The molecule has 20 heavy (non-hydrogen) atoms. The summed E-state index contributed by atoms with van der Waals surface area (Å²) in [5, 5.41) is 0. The number of rotatable bonds is 4. The van der Waals surface area contributed by atoms with Gasteiger partial charge in [-0.15, -0.1) is 0 Å². The molecular formula is C16H26N2O2. The summed E-state index contributed by atoms with van der Waals surface area (Å²) in [7, 11) is 0. The maximum atomic E-state index is 12.7. The summed E-state index contributed by atoms with van der Waals surface area (Å²) in [5.74, 6) is 0.484. The quantitative estimate of drug-likeness (QED) is 0.740. The molecule has 0 N–H and O–H groups in total. The van der Waals surface area contributed by atoms with Crippen molar-refractivity contribution in [3.8, 4) is 0 Å². The number of hydrogen-bond acceptors (Lipinski definition) is 2. The predicted molar refractivity (Wildman–Crippen MR) is 79.1 cm³/mol. The third-order valence-corrected chi connectivity index (χ3v) is 4.35. The lowest BCUT2D eigenvalue weighted by atomic mass is 9.90. The highest BCUT2D eigenvalue weighted by Gasteiger charge is 2.47. The summed E-state index contributed by atoms with van der Waals surface area (Å²) >= 11 is 0. The Balaban J connectivity index is 2.21. The summed E-state index contributed by atoms with van der Waals surface area (Å²) in [5.41, 5.74) is 0. The van der Waals surface area contributed by atoms with Crippen molar-refractivity contribution in [3.05, 3.63) is 12.2 Å². The van der Waals surface area contributed by atoms with Crippen LogP contribution in [0.2, 0.25) is 0 Å². The van der Waals surface area contributed by atoms with E-state index in [1.165, 1.54) is 0 Å². The normalized spacial score (nSPS) is 27.6. The van der Waals surface area contributed by atoms with Gasteiger partial charge in [-0.25, -0.2) is 0 Å². The molecule has 2 atom stereocenters. The Kier molecular flexibility index (Phi) is 4.84. The van der Waals surface area contributed by atoms with Crippen molar-refractivity contribution >= 4 is 11.8 Å². The van der Waals surface area contributed by atoms with Gasteiger partial charge in [-0.2, -0.15) is 0 Å². The summed E-state index contributed by atoms with van der Waals surface area (Å²) in [6.07, 6.45) is 7.78. The van der Waals surface area contributed by atoms with E-state index in [0.717, 1.165) is 32.2 Å². The second-order valence-electron chi connectivity index (χ2n) is 6.12. The van der Waals surface area contributed by atoms with E-state index < -0.39 is 0 Å². The van der Waals surface area contributed by atoms with E-state index >= 15 is 0 Å². The number of fused-ring (bicyclic) bond motifs is 1. The van der Waals surface area contributed by atoms with Crippen molar-refractivity contribution in [1.29, 1.82) is 0 Å². The molecule has 2 saturated heterocycles. The molecule has 2 amide bonds. The molecule has 0 aliphatic carbocycles. The minimum atomic E-state index is -0.276. The van der Waals surface area contributed by atoms with Gasteiger partial charge in [0.25, 0.3) is 0 Å². The largest absolute Gasteiger partial charge is 0.329 e. The van der Waals surface area contributed by atoms with Crippen LogP contribution >= 0.6 is 0 Å². The highest BCUT2D eigenvalue weighted by atomic mass is 16.2. The molecule has 2 heterocycles. The molecule has 4 heteroatoms. The molecule has 2 unspecified atom stereocenters. The Bertz CT molecular complexity index is 403. The van der Waals surface area contributed by atoms with Crippen molar-refractivity contribution in [2.45, 2.75) is 58.5 Å². The minimum Gasteiger partial charge on any atom is -0.329 e. The van der Waals surface area contributed by atoms with Crippen LogP contribution in [0.25, 0.3) is 0 Å². The Labute approximate surface area is 121 Å². The average molecular weight is 278 g/mol. The molecule has 0 saturated carbocycles. The molecule has 0 aromatic rings. The summed E-state index contributed by atoms with van der Waals surface area (Å²) in [6.45, 7) is 7.45. The lowest BCUT2D eigenvalue weighted by Gasteiger charge is -2.48. The third kappa shape index (κ3) is 2.74. The number of hydrogen-bond donors (Lipinski definition) is 0. The fourth-order valence-electron chi connectivity index (χ4n) is 3.36. The van der Waals surface area contributed by atoms with E-state index in [1.807, 2.05) is 36.6 Å². The Morgan fingerprint density at radius 1 is 1.25 bits per heavy atom. The van der Waals surface area contributed by atoms with Crippen molar-refractivity contribution in [1.82, 2.24) is 9.80 Å². The van der Waals surface area contributed by atoms with Gasteiger partial charge in [0.15, 0.2) is 0 Å². The van der Waals surface area contributed by atoms with Gasteiger partial charge in [-0.1, -0.05) is 26.0 Å². The number of allylic oxidation sites excluding steroid dienone is 1. The number of carbonyl (C=O) groups excluding carboxylic acids is 2. The van der Waals surface area contributed by atoms with Crippen LogP contribution in [-0.2, 0) is 9.59 Å². The van der Waals surface area contributed by atoms with E-state index in [0.29, 0.717) is 6.54 Å². The van der Waals surface area contributed by atoms with Crippen molar-refractivity contribution in [2.75, 3.05) is 13.1 Å². The zero-order chi connectivity index (χ0) is 14.7. The molecule has 0 spiro atoms. The summed E-state index contributed by atoms with van der Waals surface area (Å²) in [4.78, 5) is 29.1. The van der Waals surface area contributed by atoms with Crippen LogP contribution in [0, 0.1) is 5.92 Å². The van der Waals surface area contributed by atoms with Gasteiger partial charge in [0.1, 0.15) is 12.1 Å². The zero-order valence-corrected chi connectivity index (χ0v) is 12.8. The summed E-state index contributed by atoms with van der Waals surface area (Å²) < 4.78 is 0. The fourth-order valence-corrected chi connectivity index (χ4v) is 3.36. The third-order valence-electron chi connectivity index (χ3n) is 4.35. The maximum absolute atomic E-state index is 12.7. The van der Waals surface area contributed by atoms with Crippen LogP contribution in [0.1, 0.15) is 46.5 Å². The Morgan fingerprint density at radius 3 is 2.65 bits per heavy atom. The second kappa shape index (κ2) is 6.42. The molecule has 0 bridgehead atoms. The molecule has 2 rings (SSSR count). The number of piperazine rings is 1. The number of nitrogens with zero attached hydrogens (tertiary/aromatic N) is 2. The molecule has 2 aliphatic rings. The van der Waals surface area contributed by atoms with Gasteiger partial charge < -0.3 is 9.80 Å². The van der Waals surface area contributed by atoms with Gasteiger partial charge in [0.2, 0.25) is 11.8 Å². The lowest BCUT2D eigenvalue weighted by molar-refractivity contribution is -0.165. The van der Waals surface area contributed by atoms with Crippen LogP contribution in [0.4, 0.5) is 0 Å². The van der Waals surface area contributed by atoms with E-state index in [-0.39, 0.29) is 29.8 Å². The topological polar surface area (TPSA) is 40.6 Å². The molecule has 112 valence electrons. The van der Waals surface area contributed by atoms with Crippen molar-refractivity contribution in [2.24, 2.45) is 5.92 Å². The first-order valence-corrected chi connectivity index (χ1v) is 7.80. The molecule has 0 radical (unpaired) electrons. The lowest BCUT2D eigenvalue weighted by Crippen LogP contribution is -2.67. The van der Waals surface area contributed by atoms with Crippen LogP contribution in [0.5, 0.6) is 0 Å². The van der Waals surface area contributed by atoms with Crippen LogP contribution in [0.15, 0.2) is 12.2 Å². The van der Waals surface area contributed by atoms with Gasteiger partial charge in [0.05, 0.1) is 0 Å². The highest BCUT2D eigenvalue weighted by molar-refractivity contribution is 5.97. The van der Waals surface area contributed by atoms with E-state index in [9.17, 15) is 9.59 Å². The fraction of sp³-hybridized carbons (Fsp3) is 0.750. The summed E-state index contributed by atoms with van der Waals surface area (Å²) in [6, 6.07) is -0.473. The monoisotopic (exact) mass is 278 g/mol. The molecule has 0 aromatic heterocycles. The van der Waals surface area contributed by atoms with Gasteiger partial charge in [-0.05, 0) is 38.5 Å². The van der Waals surface area contributed by atoms with Crippen LogP contribution < -0.4 is 0 Å². The maximum Gasteiger partial charge on any atom is 0.246 e. The SMILES string of the molecule is C/C=C/CCN1C(=O)C2CCCCN2C(=O)C1C(C)C. The smallest absolute Gasteiger partial charge is 0.246 e. The van der Waals surface area contributed by atoms with Crippen molar-refractivity contribution in [3.63, 3.8) is 0 Å². The van der Waals surface area contributed by atoms with E-state index in [2.05, 4.69) is 6.08 Å². The number of carbonyl (C=O) groups is 2. The Hall–Kier alpha value is -1.32. The molecule has 0 aromatic carbocycles. The van der Waals surface area contributed by atoms with Crippen molar-refractivity contribution < 1.29 is 9.59 Å². The number of piperidine rings is 1. The Morgan fingerprint density at radius 2 is 2.00 bits per heavy atom. The van der Waals surface area contributed by atoms with Gasteiger partial charge in [-0.3, -0.25) is 9.59 Å². The van der Waals surface area contributed by atoms with Crippen LogP contribution in [-0.4, -0.2) is 46.8 Å². The predicted octanol–water partition coefficient (Wildman–Crippen LogP) is 2.20. The average Bonchev–Trinajstić information content (AvgIpc) is 2.44. The van der Waals surface area contributed by atoms with Gasteiger partial charge >= 0.3 is 0 Å². The van der Waals surface area contributed by atoms with E-state index in [4.69, 9.17) is 0 Å². The zero-order valence-electron chi connectivity index (χ0n) is 12.8. The minimum absolute atomic E-state index is 0.157. The first-order valence-electron chi connectivity index (χ1n) is 7.80. The molecule has 2 aliphatic heterocycles. The molecular weight excluding hydrogens is 252 g/mol. The first kappa shape index (κ1) is 15.1. The number of amides is 2. The van der Waals surface area contributed by atoms with Gasteiger partial charge in [0, 0.05) is 13.1 Å².